The molecule has 0 amide bonds. The maximum absolute atomic E-state index is 11.2. The number of aryl methyl sites for hydroxylation is 2. The molecule has 2 fully saturated rings. The quantitative estimate of drug-likeness (QED) is 0.365. The van der Waals surface area contributed by atoms with E-state index in [0.717, 1.165) is 22.5 Å². The fourth-order valence-corrected chi connectivity index (χ4v) is 7.02. The van der Waals surface area contributed by atoms with Gasteiger partial charge >= 0.3 is 0 Å². The lowest BCUT2D eigenvalue weighted by atomic mass is 9.53. The zero-order valence-electron chi connectivity index (χ0n) is 23.5. The van der Waals surface area contributed by atoms with Crippen LogP contribution >= 0.6 is 12.2 Å². The molecule has 6 rings (SSSR count). The highest BCUT2D eigenvalue weighted by Gasteiger charge is 2.68. The van der Waals surface area contributed by atoms with Gasteiger partial charge in [-0.15, -0.1) is 0 Å². The van der Waals surface area contributed by atoms with E-state index in [1.54, 1.807) is 0 Å². The number of para-hydroxylation sites is 1. The molecule has 3 atom stereocenters. The molecule has 0 saturated carbocycles. The number of benzene rings is 3. The predicted octanol–water partition coefficient (Wildman–Crippen LogP) is 5.80. The van der Waals surface area contributed by atoms with Gasteiger partial charge in [-0.05, 0) is 51.1 Å². The lowest BCUT2D eigenvalue weighted by Crippen LogP contribution is -2.73. The minimum Gasteiger partial charge on any atom is -0.494 e. The van der Waals surface area contributed by atoms with E-state index < -0.39 is 16.7 Å². The number of nitriles is 2. The first-order chi connectivity index (χ1) is 19.9. The second-order valence-corrected chi connectivity index (χ2v) is 11.5. The summed E-state index contributed by atoms with van der Waals surface area (Å²) in [5.41, 5.74) is 2.80. The highest BCUT2D eigenvalue weighted by atomic mass is 32.1. The van der Waals surface area contributed by atoms with E-state index in [2.05, 4.69) is 77.4 Å². The van der Waals surface area contributed by atoms with Crippen LogP contribution in [-0.4, -0.2) is 48.8 Å². The highest BCUT2D eigenvalue weighted by molar-refractivity contribution is 7.80. The molecular weight excluding hydrogens is 528 g/mol. The molecule has 7 nitrogen and oxygen atoms in total. The Labute approximate surface area is 246 Å². The van der Waals surface area contributed by atoms with Gasteiger partial charge in [0.15, 0.2) is 0 Å². The van der Waals surface area contributed by atoms with Gasteiger partial charge in [-0.25, -0.2) is 4.99 Å². The molecule has 3 aromatic rings. The van der Waals surface area contributed by atoms with Crippen molar-refractivity contribution in [3.63, 3.8) is 0 Å². The van der Waals surface area contributed by atoms with Crippen molar-refractivity contribution in [2.45, 2.75) is 26.7 Å². The number of aliphatic imine (C=N–C) groups is 1. The lowest BCUT2D eigenvalue weighted by molar-refractivity contribution is 0.201. The minimum absolute atomic E-state index is 0.355. The summed E-state index contributed by atoms with van der Waals surface area (Å²) in [5.74, 6) is 0.757. The molecule has 41 heavy (non-hydrogen) atoms. The van der Waals surface area contributed by atoms with Crippen LogP contribution in [0.1, 0.15) is 29.5 Å². The molecule has 3 aliphatic rings. The number of hydrogen-bond donors (Lipinski definition) is 0. The van der Waals surface area contributed by atoms with E-state index >= 15 is 0 Å². The number of hydrogen-bond acceptors (Lipinski definition) is 7. The second kappa shape index (κ2) is 10.2. The standard InChI is InChI=1S/C33H32N6OS/c1-4-40-28-8-6-5-7-27(28)29-32(17-34)19-37(25-13-9-23(2)10-14-25)20-33(29,18-35)31(41)39-22-38(21-36-30(32)39)26-15-11-24(3)12-16-26/h5-16,29H,4,19-22H2,1-3H3/t29-,32+,33+/m0/s1. The number of ether oxygens (including phenoxy) is 1. The largest absolute Gasteiger partial charge is 0.494 e. The van der Waals surface area contributed by atoms with Crippen LogP contribution in [0.5, 0.6) is 5.75 Å². The summed E-state index contributed by atoms with van der Waals surface area (Å²) >= 11 is 6.27. The second-order valence-electron chi connectivity index (χ2n) is 11.1. The lowest BCUT2D eigenvalue weighted by Gasteiger charge is -2.61. The molecule has 2 bridgehead atoms. The number of amidine groups is 1. The summed E-state index contributed by atoms with van der Waals surface area (Å²) in [6, 6.07) is 29.7. The SMILES string of the molecule is CCOc1ccccc1[C@@H]1[C@@]2(C#N)CN(c3ccc(C)cc3)C[C@@]1(C#N)C1=NCN(c3ccc(C)cc3)CN1C2=S. The van der Waals surface area contributed by atoms with Gasteiger partial charge in [-0.3, -0.25) is 0 Å². The van der Waals surface area contributed by atoms with Crippen LogP contribution < -0.4 is 14.5 Å². The van der Waals surface area contributed by atoms with Crippen molar-refractivity contribution < 1.29 is 4.74 Å². The van der Waals surface area contributed by atoms with Gasteiger partial charge in [0.2, 0.25) is 0 Å². The van der Waals surface area contributed by atoms with Crippen LogP contribution in [0, 0.1) is 47.3 Å². The Balaban J connectivity index is 1.56. The first-order valence-corrected chi connectivity index (χ1v) is 14.3. The molecule has 2 saturated heterocycles. The van der Waals surface area contributed by atoms with Gasteiger partial charge in [0.25, 0.3) is 0 Å². The summed E-state index contributed by atoms with van der Waals surface area (Å²) in [4.78, 5) is 11.8. The van der Waals surface area contributed by atoms with Gasteiger partial charge < -0.3 is 19.4 Å². The van der Waals surface area contributed by atoms with Crippen molar-refractivity contribution in [3.8, 4) is 17.9 Å². The van der Waals surface area contributed by atoms with Gasteiger partial charge in [0, 0.05) is 35.9 Å². The Hall–Kier alpha value is -4.40. The number of nitrogens with zero attached hydrogens (tertiary/aromatic N) is 6. The molecule has 0 N–H and O–H groups in total. The Kier molecular flexibility index (Phi) is 6.68. The van der Waals surface area contributed by atoms with Gasteiger partial charge in [0.1, 0.15) is 34.1 Å². The van der Waals surface area contributed by atoms with Crippen LogP contribution in [0.15, 0.2) is 77.8 Å². The first-order valence-electron chi connectivity index (χ1n) is 13.9. The summed E-state index contributed by atoms with van der Waals surface area (Å²) in [5, 5.41) is 22.4. The first kappa shape index (κ1) is 26.8. The van der Waals surface area contributed by atoms with Crippen LogP contribution in [-0.2, 0) is 0 Å². The molecule has 0 unspecified atom stereocenters. The number of fused-ring (bicyclic) bond motifs is 4. The van der Waals surface area contributed by atoms with Crippen LogP contribution in [0.3, 0.4) is 0 Å². The Bertz CT molecular complexity index is 1600. The van der Waals surface area contributed by atoms with Gasteiger partial charge in [0.05, 0.1) is 25.4 Å². The van der Waals surface area contributed by atoms with Crippen molar-refractivity contribution in [1.29, 1.82) is 10.5 Å². The smallest absolute Gasteiger partial charge is 0.141 e. The van der Waals surface area contributed by atoms with Crippen molar-refractivity contribution in [3.05, 3.63) is 89.5 Å². The molecule has 3 aliphatic heterocycles. The third-order valence-corrected chi connectivity index (χ3v) is 9.16. The Morgan fingerprint density at radius 1 is 0.878 bits per heavy atom. The molecular formula is C33H32N6OS. The molecule has 0 aliphatic carbocycles. The number of rotatable bonds is 5. The normalized spacial score (nSPS) is 25.1. The number of piperidine rings is 2. The summed E-state index contributed by atoms with van der Waals surface area (Å²) in [6.45, 7) is 8.08. The minimum atomic E-state index is -1.18. The average molecular weight is 561 g/mol. The Morgan fingerprint density at radius 2 is 1.46 bits per heavy atom. The Morgan fingerprint density at radius 3 is 2.07 bits per heavy atom. The predicted molar refractivity (Wildman–Crippen MR) is 165 cm³/mol. The van der Waals surface area contributed by atoms with Crippen molar-refractivity contribution in [1.82, 2.24) is 4.90 Å². The molecule has 0 spiro atoms. The number of thiocarbonyl (C=S) groups is 1. The van der Waals surface area contributed by atoms with Crippen molar-refractivity contribution in [2.75, 3.05) is 42.8 Å². The van der Waals surface area contributed by atoms with E-state index in [-0.39, 0.29) is 0 Å². The molecule has 206 valence electrons. The maximum atomic E-state index is 11.2. The van der Waals surface area contributed by atoms with E-state index in [4.69, 9.17) is 21.9 Å². The highest BCUT2D eigenvalue weighted by Crippen LogP contribution is 2.60. The van der Waals surface area contributed by atoms with Gasteiger partial charge in [-0.2, -0.15) is 10.5 Å². The zero-order chi connectivity index (χ0) is 28.8. The molecule has 0 aromatic heterocycles. The molecule has 3 aromatic carbocycles. The van der Waals surface area contributed by atoms with E-state index in [9.17, 15) is 10.5 Å². The zero-order valence-corrected chi connectivity index (χ0v) is 24.4. The van der Waals surface area contributed by atoms with E-state index in [1.807, 2.05) is 43.0 Å². The van der Waals surface area contributed by atoms with Crippen LogP contribution in [0.25, 0.3) is 0 Å². The molecule has 3 heterocycles. The van der Waals surface area contributed by atoms with Crippen LogP contribution in [0.2, 0.25) is 0 Å². The third-order valence-electron chi connectivity index (χ3n) is 8.58. The third kappa shape index (κ3) is 4.13. The number of anilines is 2. The van der Waals surface area contributed by atoms with E-state index in [1.165, 1.54) is 5.56 Å². The van der Waals surface area contributed by atoms with Crippen LogP contribution in [0.4, 0.5) is 11.4 Å². The summed E-state index contributed by atoms with van der Waals surface area (Å²) in [7, 11) is 0. The molecule has 0 radical (unpaired) electrons. The topological polar surface area (TPSA) is 78.9 Å². The monoisotopic (exact) mass is 560 g/mol. The summed E-state index contributed by atoms with van der Waals surface area (Å²) < 4.78 is 6.08. The maximum Gasteiger partial charge on any atom is 0.141 e. The fraction of sp³-hybridized carbons (Fsp3) is 0.333. The fourth-order valence-electron chi connectivity index (χ4n) is 6.65. The van der Waals surface area contributed by atoms with Crippen molar-refractivity contribution >= 4 is 34.4 Å². The van der Waals surface area contributed by atoms with E-state index in [0.29, 0.717) is 49.6 Å². The molecule has 8 heteroatoms. The van der Waals surface area contributed by atoms with Crippen molar-refractivity contribution in [2.24, 2.45) is 15.8 Å². The summed E-state index contributed by atoms with van der Waals surface area (Å²) in [6.07, 6.45) is 0. The average Bonchev–Trinajstić information content (AvgIpc) is 3.00. The van der Waals surface area contributed by atoms with Gasteiger partial charge in [-0.1, -0.05) is 65.8 Å².